The van der Waals surface area contributed by atoms with Gasteiger partial charge >= 0.3 is 6.01 Å². The lowest BCUT2D eigenvalue weighted by molar-refractivity contribution is 0.379. The Bertz CT molecular complexity index is 526. The van der Waals surface area contributed by atoms with Crippen molar-refractivity contribution in [2.75, 3.05) is 38.0 Å². The van der Waals surface area contributed by atoms with Crippen LogP contribution in [0.25, 0.3) is 0 Å². The van der Waals surface area contributed by atoms with E-state index >= 15 is 0 Å². The molecule has 0 aliphatic heterocycles. The van der Waals surface area contributed by atoms with Crippen LogP contribution in [0, 0.1) is 0 Å². The number of anilines is 2. The van der Waals surface area contributed by atoms with Crippen molar-refractivity contribution in [3.8, 4) is 6.01 Å². The molecule has 0 unspecified atom stereocenters. The maximum absolute atomic E-state index is 5.07. The highest BCUT2D eigenvalue weighted by atomic mass is 16.5. The lowest BCUT2D eigenvalue weighted by Crippen LogP contribution is -2.23. The molecule has 0 amide bonds. The molecule has 0 aromatic carbocycles. The molecular weight excluding hydrogens is 256 g/mol. The van der Waals surface area contributed by atoms with Gasteiger partial charge in [0.25, 0.3) is 0 Å². The first-order valence-electron chi connectivity index (χ1n) is 6.32. The van der Waals surface area contributed by atoms with E-state index in [4.69, 9.17) is 4.74 Å². The van der Waals surface area contributed by atoms with Crippen LogP contribution in [0.2, 0.25) is 0 Å². The van der Waals surface area contributed by atoms with Crippen LogP contribution in [-0.4, -0.2) is 47.7 Å². The number of likely N-dealkylation sites (N-methyl/N-ethyl adjacent to an activating group) is 1. The number of nitrogens with zero attached hydrogens (tertiary/aromatic N) is 5. The second-order valence-corrected chi connectivity index (χ2v) is 4.19. The molecule has 1 N–H and O–H groups in total. The fraction of sp³-hybridized carbons (Fsp3) is 0.385. The molecule has 0 saturated carbocycles. The molecule has 0 atom stereocenters. The standard InChI is InChI=1S/C13H18N6O/c1-14-11-16-12(18-13(17-11)20-3)19(2)9-7-10-6-4-5-8-15-10/h4-6,8H,7,9H2,1-3H3,(H,14,16,17,18). The summed E-state index contributed by atoms with van der Waals surface area (Å²) in [5.74, 6) is 1.05. The molecule has 2 heterocycles. The number of hydrogen-bond acceptors (Lipinski definition) is 7. The zero-order chi connectivity index (χ0) is 14.4. The van der Waals surface area contributed by atoms with Crippen LogP contribution in [0.5, 0.6) is 6.01 Å². The number of hydrogen-bond donors (Lipinski definition) is 1. The summed E-state index contributed by atoms with van der Waals surface area (Å²) < 4.78 is 5.07. The van der Waals surface area contributed by atoms with Gasteiger partial charge in [-0.25, -0.2) is 0 Å². The Kier molecular flexibility index (Phi) is 4.65. The van der Waals surface area contributed by atoms with Gasteiger partial charge in [0.1, 0.15) is 0 Å². The molecule has 0 fully saturated rings. The first-order chi connectivity index (χ1) is 9.72. The summed E-state index contributed by atoms with van der Waals surface area (Å²) in [5, 5.41) is 2.89. The predicted molar refractivity (Wildman–Crippen MR) is 77.1 cm³/mol. The third-order valence-electron chi connectivity index (χ3n) is 2.78. The van der Waals surface area contributed by atoms with Crippen molar-refractivity contribution in [2.24, 2.45) is 0 Å². The average molecular weight is 274 g/mol. The summed E-state index contributed by atoms with van der Waals surface area (Å²) in [5.41, 5.74) is 1.04. The van der Waals surface area contributed by atoms with E-state index in [0.717, 1.165) is 18.7 Å². The average Bonchev–Trinajstić information content (AvgIpc) is 2.52. The van der Waals surface area contributed by atoms with Crippen molar-refractivity contribution in [3.63, 3.8) is 0 Å². The molecule has 2 aromatic rings. The van der Waals surface area contributed by atoms with Crippen molar-refractivity contribution in [2.45, 2.75) is 6.42 Å². The first kappa shape index (κ1) is 14.0. The van der Waals surface area contributed by atoms with Crippen LogP contribution in [0.4, 0.5) is 11.9 Å². The van der Waals surface area contributed by atoms with E-state index in [-0.39, 0.29) is 0 Å². The Labute approximate surface area is 118 Å². The van der Waals surface area contributed by atoms with Gasteiger partial charge in [-0.3, -0.25) is 4.98 Å². The van der Waals surface area contributed by atoms with Crippen LogP contribution in [0.3, 0.4) is 0 Å². The van der Waals surface area contributed by atoms with Crippen LogP contribution >= 0.6 is 0 Å². The minimum atomic E-state index is 0.295. The topological polar surface area (TPSA) is 76.1 Å². The van der Waals surface area contributed by atoms with E-state index < -0.39 is 0 Å². The maximum atomic E-state index is 5.07. The molecule has 7 nitrogen and oxygen atoms in total. The van der Waals surface area contributed by atoms with E-state index in [2.05, 4.69) is 25.3 Å². The minimum absolute atomic E-state index is 0.295. The molecule has 0 aliphatic carbocycles. The highest BCUT2D eigenvalue weighted by molar-refractivity contribution is 5.37. The molecule has 0 aliphatic rings. The van der Waals surface area contributed by atoms with Gasteiger partial charge in [0.15, 0.2) is 0 Å². The van der Waals surface area contributed by atoms with Gasteiger partial charge < -0.3 is 15.0 Å². The van der Waals surface area contributed by atoms with Gasteiger partial charge in [0.05, 0.1) is 7.11 Å². The van der Waals surface area contributed by atoms with Crippen molar-refractivity contribution < 1.29 is 4.74 Å². The molecule has 0 spiro atoms. The van der Waals surface area contributed by atoms with Gasteiger partial charge in [-0.15, -0.1) is 0 Å². The van der Waals surface area contributed by atoms with Crippen molar-refractivity contribution >= 4 is 11.9 Å². The fourth-order valence-electron chi connectivity index (χ4n) is 1.65. The van der Waals surface area contributed by atoms with Crippen LogP contribution in [0.15, 0.2) is 24.4 Å². The number of pyridine rings is 1. The maximum Gasteiger partial charge on any atom is 0.322 e. The summed E-state index contributed by atoms with van der Waals surface area (Å²) >= 11 is 0. The molecular formula is C13H18N6O. The third kappa shape index (κ3) is 3.53. The van der Waals surface area contributed by atoms with Gasteiger partial charge in [0, 0.05) is 39.0 Å². The number of aromatic nitrogens is 4. The Hall–Kier alpha value is -2.44. The Balaban J connectivity index is 2.06. The zero-order valence-corrected chi connectivity index (χ0v) is 11.9. The van der Waals surface area contributed by atoms with E-state index in [9.17, 15) is 0 Å². The quantitative estimate of drug-likeness (QED) is 0.842. The van der Waals surface area contributed by atoms with Gasteiger partial charge in [-0.1, -0.05) is 6.07 Å². The molecule has 106 valence electrons. The number of rotatable bonds is 6. The summed E-state index contributed by atoms with van der Waals surface area (Å²) in [6, 6.07) is 6.18. The molecule has 0 bridgehead atoms. The van der Waals surface area contributed by atoms with Crippen LogP contribution < -0.4 is 15.0 Å². The largest absolute Gasteiger partial charge is 0.467 e. The third-order valence-corrected chi connectivity index (χ3v) is 2.78. The van der Waals surface area contributed by atoms with Gasteiger partial charge in [-0.05, 0) is 12.1 Å². The zero-order valence-electron chi connectivity index (χ0n) is 11.9. The molecule has 0 radical (unpaired) electrons. The number of ether oxygens (including phenoxy) is 1. The summed E-state index contributed by atoms with van der Waals surface area (Å²) in [7, 11) is 5.22. The second kappa shape index (κ2) is 6.65. The highest BCUT2D eigenvalue weighted by Crippen LogP contribution is 2.13. The van der Waals surface area contributed by atoms with E-state index in [1.54, 1.807) is 13.2 Å². The lowest BCUT2D eigenvalue weighted by atomic mass is 10.2. The summed E-state index contributed by atoms with van der Waals surface area (Å²) in [4.78, 5) is 18.9. The molecule has 2 rings (SSSR count). The van der Waals surface area contributed by atoms with Gasteiger partial charge in [0.2, 0.25) is 11.9 Å². The van der Waals surface area contributed by atoms with E-state index in [1.165, 1.54) is 7.11 Å². The minimum Gasteiger partial charge on any atom is -0.467 e. The SMILES string of the molecule is CNc1nc(OC)nc(N(C)CCc2ccccn2)n1. The highest BCUT2D eigenvalue weighted by Gasteiger charge is 2.10. The normalized spacial score (nSPS) is 10.2. The van der Waals surface area contributed by atoms with Crippen LogP contribution in [-0.2, 0) is 6.42 Å². The van der Waals surface area contributed by atoms with E-state index in [1.807, 2.05) is 30.1 Å². The summed E-state index contributed by atoms with van der Waals surface area (Å²) in [6.45, 7) is 0.757. The van der Waals surface area contributed by atoms with Crippen LogP contribution in [0.1, 0.15) is 5.69 Å². The Morgan fingerprint density at radius 2 is 2.10 bits per heavy atom. The lowest BCUT2D eigenvalue weighted by Gasteiger charge is -2.17. The molecule has 0 saturated heterocycles. The molecule has 7 heteroatoms. The Morgan fingerprint density at radius 1 is 1.25 bits per heavy atom. The smallest absolute Gasteiger partial charge is 0.322 e. The predicted octanol–water partition coefficient (Wildman–Crippen LogP) is 0.996. The molecule has 20 heavy (non-hydrogen) atoms. The van der Waals surface area contributed by atoms with E-state index in [0.29, 0.717) is 17.9 Å². The Morgan fingerprint density at radius 3 is 2.75 bits per heavy atom. The number of methoxy groups -OCH3 is 1. The van der Waals surface area contributed by atoms with Gasteiger partial charge in [-0.2, -0.15) is 15.0 Å². The second-order valence-electron chi connectivity index (χ2n) is 4.19. The summed E-state index contributed by atoms with van der Waals surface area (Å²) in [6.07, 6.45) is 2.61. The fourth-order valence-corrected chi connectivity index (χ4v) is 1.65. The van der Waals surface area contributed by atoms with Crippen molar-refractivity contribution in [1.82, 2.24) is 19.9 Å². The molecule has 2 aromatic heterocycles. The monoisotopic (exact) mass is 274 g/mol. The number of nitrogens with one attached hydrogen (secondary N) is 1. The first-order valence-corrected chi connectivity index (χ1v) is 6.32. The van der Waals surface area contributed by atoms with Crippen molar-refractivity contribution in [1.29, 1.82) is 0 Å². The van der Waals surface area contributed by atoms with Crippen molar-refractivity contribution in [3.05, 3.63) is 30.1 Å².